The van der Waals surface area contributed by atoms with Crippen molar-refractivity contribution in [1.82, 2.24) is 0 Å². The van der Waals surface area contributed by atoms with Gasteiger partial charge in [-0.3, -0.25) is 4.79 Å². The molecule has 2 heteroatoms. The second-order valence-electron chi connectivity index (χ2n) is 5.53. The van der Waals surface area contributed by atoms with Crippen LogP contribution < -0.4 is 0 Å². The van der Waals surface area contributed by atoms with Crippen LogP contribution in [0.15, 0.2) is 11.6 Å². The highest BCUT2D eigenvalue weighted by atomic mass is 28.3. The van der Waals surface area contributed by atoms with Crippen molar-refractivity contribution >= 4 is 13.9 Å². The first-order valence-electron chi connectivity index (χ1n) is 6.20. The van der Waals surface area contributed by atoms with Gasteiger partial charge in [0.1, 0.15) is 8.07 Å². The van der Waals surface area contributed by atoms with Gasteiger partial charge in [0.2, 0.25) is 0 Å². The molecular formula is C14H22OSi. The van der Waals surface area contributed by atoms with Gasteiger partial charge >= 0.3 is 0 Å². The maximum absolute atomic E-state index is 11.2. The minimum absolute atomic E-state index is 0.314. The van der Waals surface area contributed by atoms with Crippen molar-refractivity contribution in [3.8, 4) is 11.5 Å². The average Bonchev–Trinajstić information content (AvgIpc) is 2.15. The summed E-state index contributed by atoms with van der Waals surface area (Å²) in [6.07, 6.45) is 7.92. The van der Waals surface area contributed by atoms with Gasteiger partial charge in [-0.05, 0) is 31.8 Å². The van der Waals surface area contributed by atoms with Crippen molar-refractivity contribution < 1.29 is 4.79 Å². The molecule has 0 aliphatic heterocycles. The minimum atomic E-state index is -1.19. The van der Waals surface area contributed by atoms with Gasteiger partial charge in [0.05, 0.1) is 0 Å². The van der Waals surface area contributed by atoms with Crippen molar-refractivity contribution in [1.29, 1.82) is 0 Å². The Bertz CT molecular complexity index is 336. The molecule has 0 saturated carbocycles. The summed E-state index contributed by atoms with van der Waals surface area (Å²) < 4.78 is 0. The van der Waals surface area contributed by atoms with Gasteiger partial charge in [0.25, 0.3) is 0 Å². The number of unbranched alkanes of at least 4 members (excludes halogenated alkanes) is 1. The number of carbonyl (C=O) groups excluding carboxylic acids is 1. The second-order valence-corrected chi connectivity index (χ2v) is 10.3. The van der Waals surface area contributed by atoms with E-state index >= 15 is 0 Å². The second kappa shape index (κ2) is 6.05. The zero-order chi connectivity index (χ0) is 12.0. The summed E-state index contributed by atoms with van der Waals surface area (Å²) in [4.78, 5) is 11.2. The lowest BCUT2D eigenvalue weighted by molar-refractivity contribution is -0.115. The summed E-state index contributed by atoms with van der Waals surface area (Å²) in [7, 11) is -1.19. The normalized spacial score (nSPS) is 16.4. The third kappa shape index (κ3) is 5.92. The van der Waals surface area contributed by atoms with E-state index in [1.54, 1.807) is 0 Å². The molecule has 0 radical (unpaired) electrons. The monoisotopic (exact) mass is 234 g/mol. The largest absolute Gasteiger partial charge is 0.295 e. The molecule has 0 heterocycles. The Kier molecular flexibility index (Phi) is 5.01. The fourth-order valence-electron chi connectivity index (χ4n) is 1.79. The van der Waals surface area contributed by atoms with E-state index in [0.717, 1.165) is 38.5 Å². The van der Waals surface area contributed by atoms with Crippen LogP contribution in [0.25, 0.3) is 0 Å². The van der Waals surface area contributed by atoms with E-state index in [1.165, 1.54) is 5.57 Å². The fourth-order valence-corrected chi connectivity index (χ4v) is 2.45. The zero-order valence-electron chi connectivity index (χ0n) is 10.7. The van der Waals surface area contributed by atoms with Gasteiger partial charge in [-0.25, -0.2) is 0 Å². The first-order chi connectivity index (χ1) is 7.47. The molecule has 1 rings (SSSR count). The van der Waals surface area contributed by atoms with Crippen molar-refractivity contribution in [2.45, 2.75) is 58.2 Å². The number of rotatable bonds is 3. The highest BCUT2D eigenvalue weighted by Crippen LogP contribution is 2.19. The van der Waals surface area contributed by atoms with E-state index in [1.807, 2.05) is 6.08 Å². The Balaban J connectivity index is 2.25. The lowest BCUT2D eigenvalue weighted by Gasteiger charge is -2.10. The quantitative estimate of drug-likeness (QED) is 0.413. The summed E-state index contributed by atoms with van der Waals surface area (Å²) in [5, 5.41) is 0. The minimum Gasteiger partial charge on any atom is -0.295 e. The van der Waals surface area contributed by atoms with E-state index in [9.17, 15) is 4.79 Å². The number of carbonyl (C=O) groups is 1. The molecule has 1 nitrogen and oxygen atoms in total. The predicted molar refractivity (Wildman–Crippen MR) is 71.9 cm³/mol. The van der Waals surface area contributed by atoms with Crippen LogP contribution >= 0.6 is 0 Å². The summed E-state index contributed by atoms with van der Waals surface area (Å²) in [5.74, 6) is 3.59. The standard InChI is InChI=1S/C14H22OSi/c1-16(2,3)11-6-4-5-8-13-9-7-10-14(15)12-13/h12H,4-5,7-10H2,1-3H3. The molecular weight excluding hydrogens is 212 g/mol. The van der Waals surface area contributed by atoms with Crippen LogP contribution in [0.4, 0.5) is 0 Å². The Morgan fingerprint density at radius 3 is 2.69 bits per heavy atom. The first kappa shape index (κ1) is 13.3. The molecule has 16 heavy (non-hydrogen) atoms. The smallest absolute Gasteiger partial charge is 0.155 e. The third-order valence-electron chi connectivity index (χ3n) is 2.55. The first-order valence-corrected chi connectivity index (χ1v) is 9.70. The predicted octanol–water partition coefficient (Wildman–Crippen LogP) is 3.72. The van der Waals surface area contributed by atoms with Crippen LogP contribution in [0, 0.1) is 11.5 Å². The van der Waals surface area contributed by atoms with E-state index in [4.69, 9.17) is 0 Å². The maximum atomic E-state index is 11.2. The molecule has 0 atom stereocenters. The molecule has 1 aliphatic carbocycles. The topological polar surface area (TPSA) is 17.1 Å². The van der Waals surface area contributed by atoms with Crippen molar-refractivity contribution in [2.75, 3.05) is 0 Å². The molecule has 0 amide bonds. The average molecular weight is 234 g/mol. The molecule has 0 spiro atoms. The van der Waals surface area contributed by atoms with Gasteiger partial charge in [0, 0.05) is 12.8 Å². The Hall–Kier alpha value is -0.813. The highest BCUT2D eigenvalue weighted by Gasteiger charge is 2.09. The van der Waals surface area contributed by atoms with Crippen LogP contribution in [-0.2, 0) is 4.79 Å². The molecule has 1 aliphatic rings. The summed E-state index contributed by atoms with van der Waals surface area (Å²) >= 11 is 0. The van der Waals surface area contributed by atoms with E-state index in [-0.39, 0.29) is 0 Å². The van der Waals surface area contributed by atoms with Crippen LogP contribution in [0.2, 0.25) is 19.6 Å². The third-order valence-corrected chi connectivity index (χ3v) is 3.48. The molecule has 0 saturated heterocycles. The van der Waals surface area contributed by atoms with Crippen LogP contribution in [0.5, 0.6) is 0 Å². The molecule has 0 N–H and O–H groups in total. The molecule has 88 valence electrons. The maximum Gasteiger partial charge on any atom is 0.155 e. The molecule has 0 unspecified atom stereocenters. The summed E-state index contributed by atoms with van der Waals surface area (Å²) in [5.41, 5.74) is 4.71. The highest BCUT2D eigenvalue weighted by molar-refractivity contribution is 6.83. The number of allylic oxidation sites excluding steroid dienone is 2. The molecule has 0 bridgehead atoms. The van der Waals surface area contributed by atoms with E-state index < -0.39 is 8.07 Å². The van der Waals surface area contributed by atoms with Gasteiger partial charge in [-0.1, -0.05) is 25.2 Å². The summed E-state index contributed by atoms with van der Waals surface area (Å²) in [6.45, 7) is 6.80. The number of hydrogen-bond donors (Lipinski definition) is 0. The van der Waals surface area contributed by atoms with Crippen LogP contribution in [0.1, 0.15) is 38.5 Å². The van der Waals surface area contributed by atoms with Crippen LogP contribution in [0.3, 0.4) is 0 Å². The number of hydrogen-bond acceptors (Lipinski definition) is 1. The SMILES string of the molecule is C[Si](C)(C)C#CCCCC1=CC(=O)CCC1. The molecule has 0 fully saturated rings. The van der Waals surface area contributed by atoms with E-state index in [0.29, 0.717) is 5.78 Å². The Labute approximate surface area is 100 Å². The molecule has 0 aromatic carbocycles. The van der Waals surface area contributed by atoms with Crippen molar-refractivity contribution in [3.63, 3.8) is 0 Å². The molecule has 0 aromatic rings. The van der Waals surface area contributed by atoms with E-state index in [2.05, 4.69) is 31.1 Å². The van der Waals surface area contributed by atoms with Crippen molar-refractivity contribution in [2.24, 2.45) is 0 Å². The molecule has 0 aromatic heterocycles. The Morgan fingerprint density at radius 1 is 1.31 bits per heavy atom. The van der Waals surface area contributed by atoms with Gasteiger partial charge in [0.15, 0.2) is 5.78 Å². The fraction of sp³-hybridized carbons (Fsp3) is 0.643. The van der Waals surface area contributed by atoms with Crippen LogP contribution in [-0.4, -0.2) is 13.9 Å². The van der Waals surface area contributed by atoms with Gasteiger partial charge in [-0.15, -0.1) is 11.5 Å². The van der Waals surface area contributed by atoms with Crippen molar-refractivity contribution in [3.05, 3.63) is 11.6 Å². The van der Waals surface area contributed by atoms with Gasteiger partial charge in [-0.2, -0.15) is 0 Å². The van der Waals surface area contributed by atoms with Gasteiger partial charge < -0.3 is 0 Å². The number of ketones is 1. The Morgan fingerprint density at radius 2 is 2.06 bits per heavy atom. The lowest BCUT2D eigenvalue weighted by atomic mass is 9.95. The summed E-state index contributed by atoms with van der Waals surface area (Å²) in [6, 6.07) is 0. The zero-order valence-corrected chi connectivity index (χ0v) is 11.7. The lowest BCUT2D eigenvalue weighted by Crippen LogP contribution is -2.16.